The van der Waals surface area contributed by atoms with E-state index in [4.69, 9.17) is 4.74 Å². The number of sulfonamides is 1. The van der Waals surface area contributed by atoms with Crippen LogP contribution < -0.4 is 0 Å². The topological polar surface area (TPSA) is 63.7 Å². The van der Waals surface area contributed by atoms with Crippen LogP contribution in [0.1, 0.15) is 28.6 Å². The molecule has 0 radical (unpaired) electrons. The molecule has 1 fully saturated rings. The smallest absolute Gasteiger partial charge is 0.348 e. The van der Waals surface area contributed by atoms with Gasteiger partial charge in [0, 0.05) is 28.7 Å². The summed E-state index contributed by atoms with van der Waals surface area (Å²) in [6.07, 6.45) is 0.543. The summed E-state index contributed by atoms with van der Waals surface area (Å²) in [6.45, 7) is 2.28. The van der Waals surface area contributed by atoms with Gasteiger partial charge < -0.3 is 4.74 Å². The monoisotopic (exact) mass is 357 g/mol. The Balaban J connectivity index is 2.12. The lowest BCUT2D eigenvalue weighted by atomic mass is 10.1. The predicted molar refractivity (Wildman–Crippen MR) is 86.6 cm³/mol. The fourth-order valence-corrected chi connectivity index (χ4v) is 5.33. The number of esters is 1. The molecule has 1 aliphatic rings. The number of hydrogen-bond acceptors (Lipinski definition) is 5. The normalized spacial score (nSPS) is 17.7. The number of carbonyl (C=O) groups is 1. The fourth-order valence-electron chi connectivity index (χ4n) is 2.72. The first kappa shape index (κ1) is 16.4. The first-order valence-electron chi connectivity index (χ1n) is 7.29. The minimum absolute atomic E-state index is 0.00257. The van der Waals surface area contributed by atoms with Crippen LogP contribution in [0.4, 0.5) is 4.39 Å². The number of hydrogen-bond donors (Lipinski definition) is 0. The lowest BCUT2D eigenvalue weighted by Crippen LogP contribution is -2.26. The van der Waals surface area contributed by atoms with Gasteiger partial charge in [0.2, 0.25) is 10.0 Å². The van der Waals surface area contributed by atoms with Gasteiger partial charge in [-0.25, -0.2) is 17.6 Å². The SMILES string of the molecule is CCOC(=O)c1sc2cccc(F)c2c1CN1CCCS1(=O)=O. The van der Waals surface area contributed by atoms with E-state index in [1.807, 2.05) is 0 Å². The number of carbonyl (C=O) groups excluding carboxylic acids is 1. The molecule has 124 valence electrons. The number of halogens is 1. The Bertz CT molecular complexity index is 860. The van der Waals surface area contributed by atoms with Crippen LogP contribution in [0.15, 0.2) is 18.2 Å². The number of fused-ring (bicyclic) bond motifs is 1. The van der Waals surface area contributed by atoms with Gasteiger partial charge in [-0.15, -0.1) is 11.3 Å². The maximum Gasteiger partial charge on any atom is 0.348 e. The molecule has 2 aromatic rings. The second kappa shape index (κ2) is 6.18. The molecule has 5 nitrogen and oxygen atoms in total. The minimum Gasteiger partial charge on any atom is -0.462 e. The standard InChI is InChI=1S/C15H16FNO4S2/c1-2-21-15(18)14-10(9-17-7-4-8-23(17,19)20)13-11(16)5-3-6-12(13)22-14/h3,5-6H,2,4,7-9H2,1H3. The van der Waals surface area contributed by atoms with E-state index in [0.29, 0.717) is 28.6 Å². The number of nitrogens with zero attached hydrogens (tertiary/aromatic N) is 1. The van der Waals surface area contributed by atoms with Gasteiger partial charge in [0.15, 0.2) is 0 Å². The van der Waals surface area contributed by atoms with Crippen molar-refractivity contribution in [3.8, 4) is 0 Å². The summed E-state index contributed by atoms with van der Waals surface area (Å²) in [4.78, 5) is 12.5. The van der Waals surface area contributed by atoms with Gasteiger partial charge in [0.05, 0.1) is 12.4 Å². The van der Waals surface area contributed by atoms with E-state index in [0.717, 1.165) is 11.3 Å². The van der Waals surface area contributed by atoms with Gasteiger partial charge in [0.1, 0.15) is 10.7 Å². The van der Waals surface area contributed by atoms with Crippen LogP contribution in [-0.2, 0) is 21.3 Å². The summed E-state index contributed by atoms with van der Waals surface area (Å²) in [6, 6.07) is 4.60. The van der Waals surface area contributed by atoms with E-state index < -0.39 is 21.8 Å². The van der Waals surface area contributed by atoms with E-state index in [-0.39, 0.29) is 23.8 Å². The maximum atomic E-state index is 14.3. The van der Waals surface area contributed by atoms with Gasteiger partial charge in [-0.1, -0.05) is 6.07 Å². The number of rotatable bonds is 4. The van der Waals surface area contributed by atoms with Crippen molar-refractivity contribution < 1.29 is 22.3 Å². The molecule has 0 saturated carbocycles. The first-order chi connectivity index (χ1) is 10.9. The van der Waals surface area contributed by atoms with Gasteiger partial charge in [-0.3, -0.25) is 0 Å². The predicted octanol–water partition coefficient (Wildman–Crippen LogP) is 2.75. The van der Waals surface area contributed by atoms with Crippen LogP contribution >= 0.6 is 11.3 Å². The Hall–Kier alpha value is -1.51. The summed E-state index contributed by atoms with van der Waals surface area (Å²) in [7, 11) is -3.34. The highest BCUT2D eigenvalue weighted by Crippen LogP contribution is 2.35. The Kier molecular flexibility index (Phi) is 4.39. The molecule has 2 heterocycles. The molecule has 1 aromatic carbocycles. The quantitative estimate of drug-likeness (QED) is 0.790. The Labute approximate surface area is 137 Å². The van der Waals surface area contributed by atoms with Crippen LogP contribution in [0.5, 0.6) is 0 Å². The number of benzene rings is 1. The summed E-state index contributed by atoms with van der Waals surface area (Å²) in [5, 5.41) is 0.308. The van der Waals surface area contributed by atoms with E-state index in [9.17, 15) is 17.6 Å². The molecule has 0 spiro atoms. The third kappa shape index (κ3) is 2.98. The van der Waals surface area contributed by atoms with E-state index in [1.54, 1.807) is 19.1 Å². The average molecular weight is 357 g/mol. The third-order valence-electron chi connectivity index (χ3n) is 3.76. The fraction of sp³-hybridized carbons (Fsp3) is 0.400. The van der Waals surface area contributed by atoms with E-state index in [2.05, 4.69) is 0 Å². The largest absolute Gasteiger partial charge is 0.462 e. The second-order valence-electron chi connectivity index (χ2n) is 5.25. The Morgan fingerprint density at radius 1 is 1.43 bits per heavy atom. The molecule has 0 unspecified atom stereocenters. The van der Waals surface area contributed by atoms with E-state index in [1.165, 1.54) is 10.4 Å². The molecular weight excluding hydrogens is 341 g/mol. The third-order valence-corrected chi connectivity index (χ3v) is 6.84. The zero-order valence-electron chi connectivity index (χ0n) is 12.5. The molecule has 1 saturated heterocycles. The summed E-state index contributed by atoms with van der Waals surface area (Å²) in [5.41, 5.74) is 0.395. The van der Waals surface area contributed by atoms with Gasteiger partial charge >= 0.3 is 5.97 Å². The van der Waals surface area contributed by atoms with Gasteiger partial charge in [0.25, 0.3) is 0 Å². The van der Waals surface area contributed by atoms with Crippen molar-refractivity contribution in [2.75, 3.05) is 18.9 Å². The molecule has 1 aliphatic heterocycles. The van der Waals surface area contributed by atoms with Crippen molar-refractivity contribution in [2.45, 2.75) is 19.9 Å². The Morgan fingerprint density at radius 2 is 2.22 bits per heavy atom. The average Bonchev–Trinajstić information content (AvgIpc) is 3.02. The van der Waals surface area contributed by atoms with Crippen molar-refractivity contribution in [2.24, 2.45) is 0 Å². The zero-order valence-corrected chi connectivity index (χ0v) is 14.2. The molecule has 8 heteroatoms. The zero-order chi connectivity index (χ0) is 16.6. The summed E-state index contributed by atoms with van der Waals surface area (Å²) >= 11 is 1.13. The summed E-state index contributed by atoms with van der Waals surface area (Å²) < 4.78 is 45.3. The molecule has 0 atom stereocenters. The molecule has 0 bridgehead atoms. The first-order valence-corrected chi connectivity index (χ1v) is 9.71. The lowest BCUT2D eigenvalue weighted by Gasteiger charge is -2.15. The molecule has 23 heavy (non-hydrogen) atoms. The van der Waals surface area contributed by atoms with Crippen molar-refractivity contribution in [3.63, 3.8) is 0 Å². The van der Waals surface area contributed by atoms with Crippen LogP contribution in [-0.4, -0.2) is 37.6 Å². The molecular formula is C15H16FNO4S2. The summed E-state index contributed by atoms with van der Waals surface area (Å²) in [5.74, 6) is -0.910. The molecule has 1 aromatic heterocycles. The van der Waals surface area contributed by atoms with Crippen molar-refractivity contribution in [1.29, 1.82) is 0 Å². The second-order valence-corrected chi connectivity index (χ2v) is 8.39. The molecule has 0 N–H and O–H groups in total. The lowest BCUT2D eigenvalue weighted by molar-refractivity contribution is 0.0530. The van der Waals surface area contributed by atoms with Crippen molar-refractivity contribution in [1.82, 2.24) is 4.31 Å². The number of thiophene rings is 1. The highest BCUT2D eigenvalue weighted by atomic mass is 32.2. The van der Waals surface area contributed by atoms with Crippen molar-refractivity contribution in [3.05, 3.63) is 34.5 Å². The van der Waals surface area contributed by atoms with Crippen LogP contribution in [0.2, 0.25) is 0 Å². The number of ether oxygens (including phenoxy) is 1. The van der Waals surface area contributed by atoms with Gasteiger partial charge in [-0.2, -0.15) is 4.31 Å². The maximum absolute atomic E-state index is 14.3. The van der Waals surface area contributed by atoms with E-state index >= 15 is 0 Å². The van der Waals surface area contributed by atoms with Crippen LogP contribution in [0.3, 0.4) is 0 Å². The highest BCUT2D eigenvalue weighted by Gasteiger charge is 2.31. The molecule has 0 aliphatic carbocycles. The van der Waals surface area contributed by atoms with Crippen molar-refractivity contribution >= 4 is 37.4 Å². The highest BCUT2D eigenvalue weighted by molar-refractivity contribution is 7.89. The van der Waals surface area contributed by atoms with Crippen LogP contribution in [0, 0.1) is 5.82 Å². The van der Waals surface area contributed by atoms with Crippen LogP contribution in [0.25, 0.3) is 10.1 Å². The van der Waals surface area contributed by atoms with Gasteiger partial charge in [-0.05, 0) is 25.5 Å². The molecule has 0 amide bonds. The molecule has 3 rings (SSSR count). The minimum atomic E-state index is -3.34. The Morgan fingerprint density at radius 3 is 2.87 bits per heavy atom.